The van der Waals surface area contributed by atoms with Gasteiger partial charge in [0.25, 0.3) is 0 Å². The van der Waals surface area contributed by atoms with Gasteiger partial charge in [0.15, 0.2) is 0 Å². The summed E-state index contributed by atoms with van der Waals surface area (Å²) in [5.74, 6) is 0.611. The Labute approximate surface area is 97.8 Å². The Morgan fingerprint density at radius 1 is 1.25 bits per heavy atom. The molecule has 0 aromatic heterocycles. The van der Waals surface area contributed by atoms with Crippen molar-refractivity contribution in [3.8, 4) is 0 Å². The number of aliphatic hydroxyl groups excluding tert-OH is 1. The molecule has 3 nitrogen and oxygen atoms in total. The molecule has 1 heterocycles. The quantitative estimate of drug-likeness (QED) is 0.780. The number of aliphatic hydroxyl groups is 1. The fourth-order valence-corrected chi connectivity index (χ4v) is 3.33. The third-order valence-electron chi connectivity index (χ3n) is 4.20. The molecule has 3 atom stereocenters. The van der Waals surface area contributed by atoms with E-state index in [1.165, 1.54) is 6.42 Å². The largest absolute Gasteiger partial charge is 0.393 e. The maximum absolute atomic E-state index is 11.9. The number of rotatable bonds is 2. The van der Waals surface area contributed by atoms with Gasteiger partial charge in [0.2, 0.25) is 5.91 Å². The second-order valence-electron chi connectivity index (χ2n) is 5.17. The molecule has 3 unspecified atom stereocenters. The number of carbonyl (C=O) groups excluding carboxylic acids is 1. The van der Waals surface area contributed by atoms with Gasteiger partial charge < -0.3 is 10.0 Å². The Bertz CT molecular complexity index is 254. The van der Waals surface area contributed by atoms with Crippen molar-refractivity contribution >= 4 is 5.91 Å². The van der Waals surface area contributed by atoms with Crippen molar-refractivity contribution in [2.45, 2.75) is 64.0 Å². The zero-order valence-electron chi connectivity index (χ0n) is 10.2. The van der Waals surface area contributed by atoms with Crippen LogP contribution in [0, 0.1) is 5.92 Å². The van der Waals surface area contributed by atoms with Crippen molar-refractivity contribution < 1.29 is 9.90 Å². The standard InChI is InChI=1S/C13H23NO2/c1-2-13(16)14-9-4-3-7-11(14)10-6-5-8-12(10)15/h10-12,15H,2-9H2,1H3. The highest BCUT2D eigenvalue weighted by atomic mass is 16.3. The number of nitrogens with zero attached hydrogens (tertiary/aromatic N) is 1. The highest BCUT2D eigenvalue weighted by molar-refractivity contribution is 5.76. The predicted molar refractivity (Wildman–Crippen MR) is 63.0 cm³/mol. The Balaban J connectivity index is 2.06. The van der Waals surface area contributed by atoms with E-state index in [0.717, 1.165) is 38.6 Å². The molecule has 1 saturated carbocycles. The molecule has 1 N–H and O–H groups in total. The molecular formula is C13H23NO2. The Morgan fingerprint density at radius 2 is 2.06 bits per heavy atom. The fourth-order valence-electron chi connectivity index (χ4n) is 3.33. The van der Waals surface area contributed by atoms with Crippen molar-refractivity contribution in [3.05, 3.63) is 0 Å². The number of hydrogen-bond acceptors (Lipinski definition) is 2. The summed E-state index contributed by atoms with van der Waals surface area (Å²) in [4.78, 5) is 13.9. The van der Waals surface area contributed by atoms with Crippen LogP contribution in [0.1, 0.15) is 51.9 Å². The maximum Gasteiger partial charge on any atom is 0.222 e. The van der Waals surface area contributed by atoms with Gasteiger partial charge in [-0.05, 0) is 32.1 Å². The van der Waals surface area contributed by atoms with Crippen LogP contribution in [0.2, 0.25) is 0 Å². The average Bonchev–Trinajstić information content (AvgIpc) is 2.74. The molecule has 1 aliphatic heterocycles. The molecule has 92 valence electrons. The zero-order chi connectivity index (χ0) is 11.5. The summed E-state index contributed by atoms with van der Waals surface area (Å²) in [5.41, 5.74) is 0. The van der Waals surface area contributed by atoms with Crippen LogP contribution in [0.4, 0.5) is 0 Å². The molecule has 0 aromatic carbocycles. The summed E-state index contributed by atoms with van der Waals surface area (Å²) in [5, 5.41) is 9.98. The van der Waals surface area contributed by atoms with E-state index >= 15 is 0 Å². The van der Waals surface area contributed by atoms with E-state index in [4.69, 9.17) is 0 Å². The van der Waals surface area contributed by atoms with E-state index < -0.39 is 0 Å². The molecule has 0 radical (unpaired) electrons. The van der Waals surface area contributed by atoms with Crippen LogP contribution in [-0.2, 0) is 4.79 Å². The molecule has 0 bridgehead atoms. The highest BCUT2D eigenvalue weighted by Gasteiger charge is 2.38. The number of piperidine rings is 1. The molecule has 2 fully saturated rings. The third kappa shape index (κ3) is 2.24. The molecule has 3 heteroatoms. The van der Waals surface area contributed by atoms with E-state index in [2.05, 4.69) is 0 Å². The topological polar surface area (TPSA) is 40.5 Å². The SMILES string of the molecule is CCC(=O)N1CCCCC1C1CCCC1O. The molecule has 2 aliphatic rings. The number of hydrogen-bond donors (Lipinski definition) is 1. The summed E-state index contributed by atoms with van der Waals surface area (Å²) in [6.07, 6.45) is 7.00. The normalized spacial score (nSPS) is 35.4. The van der Waals surface area contributed by atoms with Crippen LogP contribution in [0.15, 0.2) is 0 Å². The van der Waals surface area contributed by atoms with E-state index in [9.17, 15) is 9.90 Å². The molecule has 16 heavy (non-hydrogen) atoms. The van der Waals surface area contributed by atoms with Crippen molar-refractivity contribution in [2.75, 3.05) is 6.54 Å². The van der Waals surface area contributed by atoms with Gasteiger partial charge in [0.05, 0.1) is 6.10 Å². The highest BCUT2D eigenvalue weighted by Crippen LogP contribution is 2.35. The number of carbonyl (C=O) groups is 1. The van der Waals surface area contributed by atoms with Crippen LogP contribution >= 0.6 is 0 Å². The lowest BCUT2D eigenvalue weighted by Crippen LogP contribution is -2.49. The van der Waals surface area contributed by atoms with Crippen molar-refractivity contribution in [2.24, 2.45) is 5.92 Å². The first kappa shape index (κ1) is 11.9. The minimum Gasteiger partial charge on any atom is -0.393 e. The van der Waals surface area contributed by atoms with E-state index in [-0.39, 0.29) is 12.0 Å². The van der Waals surface area contributed by atoms with Crippen molar-refractivity contribution in [1.29, 1.82) is 0 Å². The summed E-state index contributed by atoms with van der Waals surface area (Å²) >= 11 is 0. The average molecular weight is 225 g/mol. The molecule has 0 spiro atoms. The van der Waals surface area contributed by atoms with Gasteiger partial charge in [0, 0.05) is 24.9 Å². The maximum atomic E-state index is 11.9. The number of likely N-dealkylation sites (tertiary alicyclic amines) is 1. The van der Waals surface area contributed by atoms with Gasteiger partial charge >= 0.3 is 0 Å². The molecular weight excluding hydrogens is 202 g/mol. The van der Waals surface area contributed by atoms with Gasteiger partial charge in [-0.1, -0.05) is 13.3 Å². The Kier molecular flexibility index (Phi) is 3.85. The summed E-state index contributed by atoms with van der Waals surface area (Å²) < 4.78 is 0. The van der Waals surface area contributed by atoms with Crippen molar-refractivity contribution in [3.63, 3.8) is 0 Å². The van der Waals surface area contributed by atoms with Crippen molar-refractivity contribution in [1.82, 2.24) is 4.90 Å². The van der Waals surface area contributed by atoms with Gasteiger partial charge in [-0.25, -0.2) is 0 Å². The monoisotopic (exact) mass is 225 g/mol. The van der Waals surface area contributed by atoms with Gasteiger partial charge in [-0.15, -0.1) is 0 Å². The fraction of sp³-hybridized carbons (Fsp3) is 0.923. The molecule has 1 aliphatic carbocycles. The molecule has 1 saturated heterocycles. The van der Waals surface area contributed by atoms with Gasteiger partial charge in [0.1, 0.15) is 0 Å². The van der Waals surface area contributed by atoms with Crippen LogP contribution in [0.25, 0.3) is 0 Å². The predicted octanol–water partition coefficient (Wildman–Crippen LogP) is 1.94. The first-order valence-corrected chi connectivity index (χ1v) is 6.71. The first-order chi connectivity index (χ1) is 7.74. The molecule has 1 amide bonds. The first-order valence-electron chi connectivity index (χ1n) is 6.71. The lowest BCUT2D eigenvalue weighted by atomic mass is 9.87. The Morgan fingerprint density at radius 3 is 2.69 bits per heavy atom. The Hall–Kier alpha value is -0.570. The second-order valence-corrected chi connectivity index (χ2v) is 5.17. The molecule has 0 aromatic rings. The van der Waals surface area contributed by atoms with Crippen LogP contribution < -0.4 is 0 Å². The lowest BCUT2D eigenvalue weighted by Gasteiger charge is -2.40. The van der Waals surface area contributed by atoms with E-state index in [1.54, 1.807) is 0 Å². The second kappa shape index (κ2) is 5.17. The lowest BCUT2D eigenvalue weighted by molar-refractivity contribution is -0.136. The third-order valence-corrected chi connectivity index (χ3v) is 4.20. The van der Waals surface area contributed by atoms with E-state index in [1.807, 2.05) is 11.8 Å². The molecule has 2 rings (SSSR count). The van der Waals surface area contributed by atoms with Crippen LogP contribution in [-0.4, -0.2) is 34.6 Å². The summed E-state index contributed by atoms with van der Waals surface area (Å²) in [6, 6.07) is 0.318. The minimum atomic E-state index is -0.171. The van der Waals surface area contributed by atoms with Crippen LogP contribution in [0.3, 0.4) is 0 Å². The van der Waals surface area contributed by atoms with E-state index in [0.29, 0.717) is 18.4 Å². The van der Waals surface area contributed by atoms with Gasteiger partial charge in [-0.3, -0.25) is 4.79 Å². The number of amides is 1. The zero-order valence-corrected chi connectivity index (χ0v) is 10.2. The smallest absolute Gasteiger partial charge is 0.222 e. The van der Waals surface area contributed by atoms with Gasteiger partial charge in [-0.2, -0.15) is 0 Å². The van der Waals surface area contributed by atoms with Crippen LogP contribution in [0.5, 0.6) is 0 Å². The summed E-state index contributed by atoms with van der Waals surface area (Å²) in [6.45, 7) is 2.83. The minimum absolute atomic E-state index is 0.171. The summed E-state index contributed by atoms with van der Waals surface area (Å²) in [7, 11) is 0.